The molecule has 0 saturated carbocycles. The van der Waals surface area contributed by atoms with Crippen molar-refractivity contribution >= 4 is 21.8 Å². The number of aryl methyl sites for hydroxylation is 2. The highest BCUT2D eigenvalue weighted by atomic mass is 79.9. The molecule has 1 amide bonds. The van der Waals surface area contributed by atoms with Crippen molar-refractivity contribution in [1.82, 2.24) is 15.1 Å². The van der Waals surface area contributed by atoms with E-state index in [9.17, 15) is 4.79 Å². The normalized spacial score (nSPS) is 17.3. The third-order valence-corrected chi connectivity index (χ3v) is 3.95. The van der Waals surface area contributed by atoms with E-state index in [4.69, 9.17) is 0 Å². The Balaban J connectivity index is 1.78. The Morgan fingerprint density at radius 2 is 2.37 bits per heavy atom. The molecular weight excluding hydrogens is 306 g/mol. The van der Waals surface area contributed by atoms with Crippen molar-refractivity contribution in [3.05, 3.63) is 51.8 Å². The molecule has 1 aliphatic rings. The topological polar surface area (TPSA) is 46.9 Å². The number of benzene rings is 1. The fourth-order valence-corrected chi connectivity index (χ4v) is 2.92. The summed E-state index contributed by atoms with van der Waals surface area (Å²) in [6, 6.07) is 6.34. The SMILES string of the molecule is Cn1cc(C(=O)N[C@@H]2CCc3cc(Br)ccc32)cn1. The first-order valence-electron chi connectivity index (χ1n) is 6.21. The Labute approximate surface area is 119 Å². The van der Waals surface area contributed by atoms with Gasteiger partial charge in [-0.25, -0.2) is 0 Å². The zero-order valence-corrected chi connectivity index (χ0v) is 12.1. The van der Waals surface area contributed by atoms with Crippen LogP contribution in [0.25, 0.3) is 0 Å². The van der Waals surface area contributed by atoms with Crippen molar-refractivity contribution in [1.29, 1.82) is 0 Å². The zero-order chi connectivity index (χ0) is 13.4. The summed E-state index contributed by atoms with van der Waals surface area (Å²) >= 11 is 3.48. The van der Waals surface area contributed by atoms with Crippen LogP contribution in [0.4, 0.5) is 0 Å². The van der Waals surface area contributed by atoms with Crippen molar-refractivity contribution in [2.24, 2.45) is 7.05 Å². The van der Waals surface area contributed by atoms with Gasteiger partial charge in [-0.05, 0) is 36.1 Å². The summed E-state index contributed by atoms with van der Waals surface area (Å²) in [5.41, 5.74) is 3.14. The highest BCUT2D eigenvalue weighted by molar-refractivity contribution is 9.10. The average molecular weight is 320 g/mol. The van der Waals surface area contributed by atoms with E-state index in [0.717, 1.165) is 17.3 Å². The number of nitrogens with one attached hydrogen (secondary N) is 1. The predicted molar refractivity (Wildman–Crippen MR) is 75.9 cm³/mol. The van der Waals surface area contributed by atoms with Crippen molar-refractivity contribution in [3.8, 4) is 0 Å². The molecular formula is C14H14BrN3O. The first-order chi connectivity index (χ1) is 9.13. The molecule has 1 aromatic heterocycles. The van der Waals surface area contributed by atoms with Gasteiger partial charge in [0, 0.05) is 17.7 Å². The zero-order valence-electron chi connectivity index (χ0n) is 10.6. The van der Waals surface area contributed by atoms with Gasteiger partial charge < -0.3 is 5.32 Å². The summed E-state index contributed by atoms with van der Waals surface area (Å²) in [6.45, 7) is 0. The van der Waals surface area contributed by atoms with Gasteiger partial charge in [-0.15, -0.1) is 0 Å². The summed E-state index contributed by atoms with van der Waals surface area (Å²) in [5.74, 6) is -0.0612. The van der Waals surface area contributed by atoms with Crippen molar-refractivity contribution in [2.45, 2.75) is 18.9 Å². The van der Waals surface area contributed by atoms with Gasteiger partial charge in [0.25, 0.3) is 5.91 Å². The molecule has 1 heterocycles. The molecule has 1 aliphatic carbocycles. The maximum absolute atomic E-state index is 12.1. The molecule has 19 heavy (non-hydrogen) atoms. The molecule has 0 radical (unpaired) electrons. The van der Waals surface area contributed by atoms with Crippen molar-refractivity contribution < 1.29 is 4.79 Å². The lowest BCUT2D eigenvalue weighted by Gasteiger charge is -2.13. The fourth-order valence-electron chi connectivity index (χ4n) is 2.52. The van der Waals surface area contributed by atoms with E-state index in [-0.39, 0.29) is 11.9 Å². The minimum absolute atomic E-state index is 0.0612. The monoisotopic (exact) mass is 319 g/mol. The molecule has 0 unspecified atom stereocenters. The largest absolute Gasteiger partial charge is 0.345 e. The van der Waals surface area contributed by atoms with Crippen LogP contribution in [-0.2, 0) is 13.5 Å². The maximum atomic E-state index is 12.1. The number of amides is 1. The molecule has 1 atom stereocenters. The minimum atomic E-state index is -0.0612. The van der Waals surface area contributed by atoms with Gasteiger partial charge in [0.15, 0.2) is 0 Å². The Morgan fingerprint density at radius 3 is 3.11 bits per heavy atom. The highest BCUT2D eigenvalue weighted by Gasteiger charge is 2.24. The van der Waals surface area contributed by atoms with E-state index in [2.05, 4.69) is 38.5 Å². The van der Waals surface area contributed by atoms with Gasteiger partial charge in [-0.3, -0.25) is 9.48 Å². The van der Waals surface area contributed by atoms with Crippen LogP contribution in [0.1, 0.15) is 33.9 Å². The molecule has 0 fully saturated rings. The summed E-state index contributed by atoms with van der Waals surface area (Å²) in [5, 5.41) is 7.09. The van der Waals surface area contributed by atoms with Crippen molar-refractivity contribution in [2.75, 3.05) is 0 Å². The first-order valence-corrected chi connectivity index (χ1v) is 7.00. The third-order valence-electron chi connectivity index (χ3n) is 3.46. The second-order valence-corrected chi connectivity index (χ2v) is 5.73. The highest BCUT2D eigenvalue weighted by Crippen LogP contribution is 2.33. The van der Waals surface area contributed by atoms with Crippen LogP contribution in [-0.4, -0.2) is 15.7 Å². The standard InChI is InChI=1S/C14H14BrN3O/c1-18-8-10(7-16-18)14(19)17-13-5-2-9-6-11(15)3-4-12(9)13/h3-4,6-8,13H,2,5H2,1H3,(H,17,19)/t13-/m1/s1. The predicted octanol–water partition coefficient (Wildman–Crippen LogP) is 2.60. The molecule has 3 rings (SSSR count). The summed E-state index contributed by atoms with van der Waals surface area (Å²) in [6.07, 6.45) is 5.28. The number of fused-ring (bicyclic) bond motifs is 1. The lowest BCUT2D eigenvalue weighted by molar-refractivity contribution is 0.0936. The molecule has 1 aromatic carbocycles. The Bertz CT molecular complexity index is 635. The molecule has 0 bridgehead atoms. The van der Waals surface area contributed by atoms with E-state index in [0.29, 0.717) is 5.56 Å². The Morgan fingerprint density at radius 1 is 1.53 bits per heavy atom. The van der Waals surface area contributed by atoms with Crippen LogP contribution in [0, 0.1) is 0 Å². The smallest absolute Gasteiger partial charge is 0.254 e. The molecule has 0 saturated heterocycles. The van der Waals surface area contributed by atoms with Gasteiger partial charge in [-0.2, -0.15) is 5.10 Å². The number of hydrogen-bond donors (Lipinski definition) is 1. The van der Waals surface area contributed by atoms with E-state index in [1.165, 1.54) is 11.1 Å². The molecule has 0 spiro atoms. The Kier molecular flexibility index (Phi) is 3.14. The summed E-state index contributed by atoms with van der Waals surface area (Å²) in [7, 11) is 1.80. The maximum Gasteiger partial charge on any atom is 0.254 e. The number of rotatable bonds is 2. The lowest BCUT2D eigenvalue weighted by atomic mass is 10.1. The first kappa shape index (κ1) is 12.4. The van der Waals surface area contributed by atoms with E-state index < -0.39 is 0 Å². The molecule has 98 valence electrons. The number of carbonyl (C=O) groups is 1. The molecule has 0 aliphatic heterocycles. The molecule has 4 nitrogen and oxygen atoms in total. The number of halogens is 1. The van der Waals surface area contributed by atoms with E-state index >= 15 is 0 Å². The summed E-state index contributed by atoms with van der Waals surface area (Å²) < 4.78 is 2.72. The van der Waals surface area contributed by atoms with Crippen LogP contribution < -0.4 is 5.32 Å². The third kappa shape index (κ3) is 2.42. The average Bonchev–Trinajstić information content (AvgIpc) is 2.96. The van der Waals surface area contributed by atoms with Crippen LogP contribution in [0.2, 0.25) is 0 Å². The van der Waals surface area contributed by atoms with Gasteiger partial charge in [0.05, 0.1) is 17.8 Å². The summed E-state index contributed by atoms with van der Waals surface area (Å²) in [4.78, 5) is 12.1. The number of hydrogen-bond acceptors (Lipinski definition) is 2. The second-order valence-electron chi connectivity index (χ2n) is 4.81. The lowest BCUT2D eigenvalue weighted by Crippen LogP contribution is -2.26. The van der Waals surface area contributed by atoms with E-state index in [1.54, 1.807) is 24.1 Å². The van der Waals surface area contributed by atoms with Crippen LogP contribution in [0.15, 0.2) is 35.1 Å². The van der Waals surface area contributed by atoms with Crippen LogP contribution >= 0.6 is 15.9 Å². The van der Waals surface area contributed by atoms with Gasteiger partial charge >= 0.3 is 0 Å². The fraction of sp³-hybridized carbons (Fsp3) is 0.286. The Hall–Kier alpha value is -1.62. The van der Waals surface area contributed by atoms with Gasteiger partial charge in [-0.1, -0.05) is 22.0 Å². The van der Waals surface area contributed by atoms with Crippen molar-refractivity contribution in [3.63, 3.8) is 0 Å². The number of carbonyl (C=O) groups excluding carboxylic acids is 1. The molecule has 2 aromatic rings. The number of nitrogens with zero attached hydrogens (tertiary/aromatic N) is 2. The molecule has 5 heteroatoms. The quantitative estimate of drug-likeness (QED) is 0.924. The minimum Gasteiger partial charge on any atom is -0.345 e. The van der Waals surface area contributed by atoms with Crippen LogP contribution in [0.3, 0.4) is 0 Å². The molecule has 1 N–H and O–H groups in total. The van der Waals surface area contributed by atoms with E-state index in [1.807, 2.05) is 6.07 Å². The van der Waals surface area contributed by atoms with Crippen LogP contribution in [0.5, 0.6) is 0 Å². The van der Waals surface area contributed by atoms with Gasteiger partial charge in [0.1, 0.15) is 0 Å². The second kappa shape index (κ2) is 4.81. The number of aromatic nitrogens is 2. The van der Waals surface area contributed by atoms with Gasteiger partial charge in [0.2, 0.25) is 0 Å².